The molecule has 3 atom stereocenters. The van der Waals surface area contributed by atoms with Gasteiger partial charge in [0.2, 0.25) is 0 Å². The number of hydrogen-bond donors (Lipinski definition) is 0. The molecule has 0 radical (unpaired) electrons. The van der Waals surface area contributed by atoms with Gasteiger partial charge in [-0.15, -0.1) is 6.92 Å². The van der Waals surface area contributed by atoms with Crippen LogP contribution in [0.2, 0.25) is 0 Å². The Labute approximate surface area is 354 Å². The Morgan fingerprint density at radius 2 is 1.43 bits per heavy atom. The van der Waals surface area contributed by atoms with E-state index in [1.165, 1.54) is 55.2 Å². The zero-order valence-corrected chi connectivity index (χ0v) is 40.4. The molecule has 0 nitrogen and oxygen atoms in total. The van der Waals surface area contributed by atoms with Crippen LogP contribution in [0.15, 0.2) is 95.1 Å². The van der Waals surface area contributed by atoms with Crippen LogP contribution in [0.4, 0.5) is 0 Å². The van der Waals surface area contributed by atoms with Crippen molar-refractivity contribution in [1.82, 2.24) is 0 Å². The summed E-state index contributed by atoms with van der Waals surface area (Å²) in [6, 6.07) is 20.0. The summed E-state index contributed by atoms with van der Waals surface area (Å²) in [5.41, 5.74) is 13.7. The van der Waals surface area contributed by atoms with Gasteiger partial charge in [0, 0.05) is 0 Å². The molecule has 2 aromatic carbocycles. The first kappa shape index (κ1) is 43.1. The molecule has 0 aromatic heterocycles. The number of rotatable bonds is 1. The van der Waals surface area contributed by atoms with E-state index in [0.717, 1.165) is 47.9 Å². The van der Waals surface area contributed by atoms with Crippen molar-refractivity contribution < 1.29 is 17.9 Å². The van der Waals surface area contributed by atoms with Crippen LogP contribution in [-0.4, -0.2) is 5.11 Å². The van der Waals surface area contributed by atoms with Crippen LogP contribution >= 0.6 is 0 Å². The van der Waals surface area contributed by atoms with Gasteiger partial charge in [-0.3, -0.25) is 6.08 Å². The summed E-state index contributed by atoms with van der Waals surface area (Å²) in [7, 11) is 0. The molecule has 0 spiro atoms. The third kappa shape index (κ3) is 6.38. The Morgan fingerprint density at radius 1 is 0.821 bits per heavy atom. The number of aryl methyl sites for hydroxylation is 1. The normalized spacial score (nSPS) is 35.2. The molecule has 0 N–H and O–H groups in total. The second kappa shape index (κ2) is 15.6. The summed E-state index contributed by atoms with van der Waals surface area (Å²) in [4.78, 5) is 0. The minimum absolute atomic E-state index is 0. The molecular weight excluding hydrogens is 726 g/mol. The van der Waals surface area contributed by atoms with E-state index in [1.807, 2.05) is 24.3 Å². The predicted molar refractivity (Wildman–Crippen MR) is 238 cm³/mol. The third-order valence-electron chi connectivity index (χ3n) is 18.1. The maximum atomic E-state index is 3.49. The molecule has 0 aliphatic heterocycles. The summed E-state index contributed by atoms with van der Waals surface area (Å²) in [6.45, 7) is 27.2. The Bertz CT molecular complexity index is 1890. The fourth-order valence-corrected chi connectivity index (χ4v) is 13.6. The molecule has 1 heteroatoms. The summed E-state index contributed by atoms with van der Waals surface area (Å²) in [5, 5.41) is 3.38. The smallest absolute Gasteiger partial charge is 0.358 e. The Balaban J connectivity index is 0.000000165. The molecule has 5 fully saturated rings. The maximum Gasteiger partial charge on any atom is -0.358 e. The summed E-state index contributed by atoms with van der Waals surface area (Å²) in [6.07, 6.45) is 24.4. The van der Waals surface area contributed by atoms with Gasteiger partial charge in [-0.1, -0.05) is 146 Å². The fraction of sp³-hybridized carbons (Fsp3) is 0.545. The average Bonchev–Trinajstić information content (AvgIpc) is 3.78. The van der Waals surface area contributed by atoms with Crippen molar-refractivity contribution in [3.8, 4) is 0 Å². The number of benzene rings is 2. The number of fused-ring (bicyclic) bond motifs is 6. The van der Waals surface area contributed by atoms with Crippen LogP contribution in [0, 0.1) is 95.0 Å². The Hall–Kier alpha value is -2.50. The molecule has 9 aliphatic rings. The first-order chi connectivity index (χ1) is 26.0. The van der Waals surface area contributed by atoms with Gasteiger partial charge in [0.25, 0.3) is 0 Å². The minimum atomic E-state index is 0. The van der Waals surface area contributed by atoms with E-state index in [-0.39, 0.29) is 29.1 Å². The van der Waals surface area contributed by atoms with Gasteiger partial charge in [0.1, 0.15) is 0 Å². The molecule has 3 unspecified atom stereocenters. The van der Waals surface area contributed by atoms with Crippen LogP contribution in [-0.2, 0) is 24.3 Å². The molecule has 5 saturated carbocycles. The first-order valence-corrected chi connectivity index (χ1v) is 23.9. The monoisotopic (exact) mass is 796 g/mol. The van der Waals surface area contributed by atoms with Crippen LogP contribution < -0.4 is 0 Å². The number of hydrogen-bond acceptors (Lipinski definition) is 0. The molecule has 0 heterocycles. The molecule has 4 bridgehead atoms. The van der Waals surface area contributed by atoms with Crippen molar-refractivity contribution in [2.24, 2.45) is 62.6 Å². The van der Waals surface area contributed by atoms with Crippen molar-refractivity contribution >= 4 is 10.7 Å². The zero-order chi connectivity index (χ0) is 39.7. The van der Waals surface area contributed by atoms with Crippen LogP contribution in [0.3, 0.4) is 0 Å². The molecular formula is C55H72Zn-4. The zero-order valence-electron chi connectivity index (χ0n) is 37.5. The van der Waals surface area contributed by atoms with Gasteiger partial charge >= 0.3 is 23.0 Å². The summed E-state index contributed by atoms with van der Waals surface area (Å²) in [5.74, 6) is 6.92. The second-order valence-electron chi connectivity index (χ2n) is 20.6. The van der Waals surface area contributed by atoms with Crippen LogP contribution in [0.1, 0.15) is 131 Å². The fourth-order valence-electron chi connectivity index (χ4n) is 13.6. The second-order valence-corrected chi connectivity index (χ2v) is 20.6. The van der Waals surface area contributed by atoms with E-state index in [1.54, 1.807) is 40.2 Å². The third-order valence-corrected chi connectivity index (χ3v) is 18.1. The first-order valence-electron chi connectivity index (χ1n) is 21.8. The largest absolute Gasteiger partial charge is 0.358 e. The van der Waals surface area contributed by atoms with Gasteiger partial charge in [-0.05, 0) is 96.3 Å². The van der Waals surface area contributed by atoms with Gasteiger partial charge in [-0.2, -0.15) is 58.7 Å². The molecule has 0 amide bonds. The van der Waals surface area contributed by atoms with Crippen LogP contribution in [0.5, 0.6) is 0 Å². The van der Waals surface area contributed by atoms with Gasteiger partial charge in [0.05, 0.1) is 0 Å². The van der Waals surface area contributed by atoms with Crippen LogP contribution in [0.25, 0.3) is 5.57 Å². The molecule has 298 valence electrons. The van der Waals surface area contributed by atoms with Gasteiger partial charge in [0.15, 0.2) is 0 Å². The van der Waals surface area contributed by atoms with E-state index < -0.39 is 0 Å². The van der Waals surface area contributed by atoms with E-state index in [9.17, 15) is 0 Å². The molecule has 0 saturated heterocycles. The summed E-state index contributed by atoms with van der Waals surface area (Å²) < 4.78 is 0. The van der Waals surface area contributed by atoms with Gasteiger partial charge in [-0.25, -0.2) is 12.0 Å². The summed E-state index contributed by atoms with van der Waals surface area (Å²) >= 11 is 1.12. The molecule has 11 rings (SSSR count). The Morgan fingerprint density at radius 3 is 1.98 bits per heavy atom. The van der Waals surface area contributed by atoms with Crippen molar-refractivity contribution in [3.63, 3.8) is 0 Å². The Kier molecular flexibility index (Phi) is 12.0. The quantitative estimate of drug-likeness (QED) is 0.199. The molecule has 2 aromatic rings. The minimum Gasteiger partial charge on any atom is -0.358 e. The average molecular weight is 799 g/mol. The van der Waals surface area contributed by atoms with Crippen molar-refractivity contribution in [2.45, 2.75) is 128 Å². The van der Waals surface area contributed by atoms with Crippen molar-refractivity contribution in [3.05, 3.63) is 137 Å². The van der Waals surface area contributed by atoms with E-state index in [4.69, 9.17) is 0 Å². The topological polar surface area (TPSA) is 0 Å². The molecule has 9 aliphatic carbocycles. The predicted octanol–water partition coefficient (Wildman–Crippen LogP) is 14.6. The SMILES string of the molecule is CC1[C-]=CC(C2(C)C3CC4CC(C3)CC2C4)=C1.C[C-]1C2=C3Cc4ccccc4C3=C3C=CCCC3C2(C)C(C)(C)C(C)(C)C1(C)C.Cc1cc[c-]cc1.[CH2]=[Zn].[CH3-]. The van der Waals surface area contributed by atoms with E-state index in [2.05, 4.69) is 142 Å². The maximum absolute atomic E-state index is 3.49. The van der Waals surface area contributed by atoms with E-state index in [0.29, 0.717) is 17.3 Å². The van der Waals surface area contributed by atoms with Gasteiger partial charge < -0.3 is 7.43 Å². The van der Waals surface area contributed by atoms with Crippen molar-refractivity contribution in [2.75, 3.05) is 0 Å². The van der Waals surface area contributed by atoms with E-state index >= 15 is 0 Å². The molecule has 56 heavy (non-hydrogen) atoms. The van der Waals surface area contributed by atoms with Crippen molar-refractivity contribution in [1.29, 1.82) is 0 Å². The standard InChI is InChI=1S/C29H37.C17H23.C7H7.CH3.CH2.Zn/c1-18-25-22-17-19-13-9-10-14-20(19)24(22)21-15-11-12-16-23(21)29(25,8)28(6,7)27(4,5)26(18,2)3;1-11-3-4-14(5-11)17(2)15-7-12-6-13(9-15)10-16(17)8-12;1-7-5-3-2-4-6-7;;;/h9-11,13-15,23H,12,16-17H2,1-8H3;4-5,11-13,15-16H,6-10H2,1-2H3;3-6H,1H3;1H3;1H2;/q4*-1;;. The number of allylic oxidation sites excluding steroid dienone is 10.